The Labute approximate surface area is 192 Å². The van der Waals surface area contributed by atoms with E-state index in [-0.39, 0.29) is 18.1 Å². The maximum atomic E-state index is 13.1. The van der Waals surface area contributed by atoms with Crippen LogP contribution in [0.25, 0.3) is 10.9 Å². The average molecular weight is 474 g/mol. The summed E-state index contributed by atoms with van der Waals surface area (Å²) in [5.41, 5.74) is 6.52. The van der Waals surface area contributed by atoms with Gasteiger partial charge < -0.3 is 25.3 Å². The fraction of sp³-hybridized carbons (Fsp3) is 0.261. The summed E-state index contributed by atoms with van der Waals surface area (Å²) in [5, 5.41) is 3.18. The molecule has 34 heavy (non-hydrogen) atoms. The van der Waals surface area contributed by atoms with Crippen molar-refractivity contribution in [3.05, 3.63) is 60.3 Å². The van der Waals surface area contributed by atoms with E-state index >= 15 is 0 Å². The molecule has 8 nitrogen and oxygen atoms in total. The van der Waals surface area contributed by atoms with Crippen LogP contribution >= 0.6 is 0 Å². The number of benzene rings is 2. The third-order valence-corrected chi connectivity index (χ3v) is 5.57. The van der Waals surface area contributed by atoms with Gasteiger partial charge in [0, 0.05) is 35.4 Å². The molecule has 11 heteroatoms. The van der Waals surface area contributed by atoms with Gasteiger partial charge in [0.1, 0.15) is 18.3 Å². The molecule has 0 bridgehead atoms. The number of para-hydroxylation sites is 1. The zero-order chi connectivity index (χ0) is 24.5. The van der Waals surface area contributed by atoms with E-state index in [1.807, 2.05) is 0 Å². The lowest BCUT2D eigenvalue weighted by molar-refractivity contribution is -0.274. The predicted molar refractivity (Wildman–Crippen MR) is 117 cm³/mol. The number of fused-ring (bicyclic) bond motifs is 1. The number of hydrogen-bond donors (Lipinski definition) is 2. The monoisotopic (exact) mass is 474 g/mol. The van der Waals surface area contributed by atoms with Gasteiger partial charge in [-0.05, 0) is 31.0 Å². The fourth-order valence-electron chi connectivity index (χ4n) is 4.14. The predicted octanol–water partition coefficient (Wildman–Crippen LogP) is 3.27. The summed E-state index contributed by atoms with van der Waals surface area (Å²) in [6.07, 6.45) is -2.33. The number of halogens is 3. The van der Waals surface area contributed by atoms with Crippen molar-refractivity contribution in [3.8, 4) is 5.75 Å². The first-order valence-electron chi connectivity index (χ1n) is 10.5. The van der Waals surface area contributed by atoms with Gasteiger partial charge in [0.25, 0.3) is 5.91 Å². The molecule has 1 unspecified atom stereocenters. The van der Waals surface area contributed by atoms with E-state index in [4.69, 9.17) is 5.73 Å². The molecule has 0 radical (unpaired) electrons. The Bertz CT molecular complexity index is 1250. The van der Waals surface area contributed by atoms with Crippen LogP contribution < -0.4 is 15.8 Å². The molecule has 2 heterocycles. The van der Waals surface area contributed by atoms with Crippen molar-refractivity contribution in [2.24, 2.45) is 5.73 Å². The van der Waals surface area contributed by atoms with Crippen molar-refractivity contribution in [2.45, 2.75) is 31.8 Å². The molecule has 1 aliphatic rings. The highest BCUT2D eigenvalue weighted by atomic mass is 19.4. The van der Waals surface area contributed by atoms with Crippen LogP contribution in [0.3, 0.4) is 0 Å². The zero-order valence-electron chi connectivity index (χ0n) is 17.8. The summed E-state index contributed by atoms with van der Waals surface area (Å²) in [7, 11) is 0. The van der Waals surface area contributed by atoms with Gasteiger partial charge in [-0.25, -0.2) is 0 Å². The highest BCUT2D eigenvalue weighted by Crippen LogP contribution is 2.27. The number of hydrogen-bond acceptors (Lipinski definition) is 4. The lowest BCUT2D eigenvalue weighted by Gasteiger charge is -2.24. The fourth-order valence-corrected chi connectivity index (χ4v) is 4.14. The second-order valence-electron chi connectivity index (χ2n) is 7.86. The number of likely N-dealkylation sites (tertiary alicyclic amines) is 1. The minimum absolute atomic E-state index is 0.105. The first-order chi connectivity index (χ1) is 16.1. The summed E-state index contributed by atoms with van der Waals surface area (Å²) in [6.45, 7) is 0.252. The highest BCUT2D eigenvalue weighted by Gasteiger charge is 2.35. The molecule has 4 rings (SSSR count). The van der Waals surface area contributed by atoms with Crippen molar-refractivity contribution in [1.29, 1.82) is 0 Å². The van der Waals surface area contributed by atoms with E-state index in [2.05, 4.69) is 10.1 Å². The number of anilines is 1. The van der Waals surface area contributed by atoms with Gasteiger partial charge in [-0.3, -0.25) is 14.4 Å². The van der Waals surface area contributed by atoms with Gasteiger partial charge in [-0.2, -0.15) is 0 Å². The second-order valence-corrected chi connectivity index (χ2v) is 7.86. The van der Waals surface area contributed by atoms with Crippen LogP contribution in [-0.2, 0) is 16.1 Å². The van der Waals surface area contributed by atoms with Gasteiger partial charge in [0.05, 0.1) is 5.56 Å². The van der Waals surface area contributed by atoms with E-state index in [0.29, 0.717) is 35.9 Å². The number of amides is 3. The third-order valence-electron chi connectivity index (χ3n) is 5.57. The number of rotatable bonds is 6. The van der Waals surface area contributed by atoms with Crippen LogP contribution in [0.5, 0.6) is 5.75 Å². The van der Waals surface area contributed by atoms with E-state index in [9.17, 15) is 27.6 Å². The normalized spacial score (nSPS) is 16.0. The van der Waals surface area contributed by atoms with E-state index in [1.165, 1.54) is 23.2 Å². The molecular weight excluding hydrogens is 453 g/mol. The number of nitrogens with zero attached hydrogens (tertiary/aromatic N) is 2. The topological polar surface area (TPSA) is 107 Å². The van der Waals surface area contributed by atoms with E-state index < -0.39 is 30.0 Å². The summed E-state index contributed by atoms with van der Waals surface area (Å²) in [4.78, 5) is 39.1. The van der Waals surface area contributed by atoms with Crippen LogP contribution in [0.4, 0.5) is 18.9 Å². The quantitative estimate of drug-likeness (QED) is 0.572. The maximum Gasteiger partial charge on any atom is 0.573 e. The summed E-state index contributed by atoms with van der Waals surface area (Å²) in [6, 6.07) is 11.2. The Morgan fingerprint density at radius 2 is 1.88 bits per heavy atom. The SMILES string of the molecule is NC(=O)c1cn(CC(=O)N2CCCC2C(=O)Nc2cccc(OC(F)(F)F)c2)c2ccccc12. The number of alkyl halides is 3. The first-order valence-corrected chi connectivity index (χ1v) is 10.5. The Balaban J connectivity index is 1.48. The number of ether oxygens (including phenoxy) is 1. The molecular formula is C23H21F3N4O4. The van der Waals surface area contributed by atoms with Crippen LogP contribution in [-0.4, -0.2) is 46.1 Å². The molecule has 3 amide bonds. The molecule has 178 valence electrons. The molecule has 2 aromatic carbocycles. The van der Waals surface area contributed by atoms with Gasteiger partial charge in [-0.15, -0.1) is 13.2 Å². The minimum Gasteiger partial charge on any atom is -0.406 e. The number of nitrogens with two attached hydrogens (primary N) is 1. The first kappa shape index (κ1) is 23.1. The summed E-state index contributed by atoms with van der Waals surface area (Å²) < 4.78 is 42.9. The molecule has 1 aromatic heterocycles. The van der Waals surface area contributed by atoms with E-state index in [0.717, 1.165) is 12.1 Å². The molecule has 3 N–H and O–H groups in total. The number of aromatic nitrogens is 1. The van der Waals surface area contributed by atoms with Crippen LogP contribution in [0, 0.1) is 0 Å². The Hall–Kier alpha value is -4.02. The van der Waals surface area contributed by atoms with E-state index in [1.54, 1.807) is 28.8 Å². The number of carbonyl (C=O) groups is 3. The van der Waals surface area contributed by atoms with Crippen LogP contribution in [0.15, 0.2) is 54.7 Å². The largest absolute Gasteiger partial charge is 0.573 e. The standard InChI is InChI=1S/C23H21F3N4O4/c24-23(25,26)34-15-6-3-5-14(11-15)28-22(33)19-9-4-10-30(19)20(31)13-29-12-17(21(27)32)16-7-1-2-8-18(16)29/h1-3,5-8,11-12,19H,4,9-10,13H2,(H2,27,32)(H,28,33). The summed E-state index contributed by atoms with van der Waals surface area (Å²) >= 11 is 0. The second kappa shape index (κ2) is 9.08. The van der Waals surface area contributed by atoms with Crippen LogP contribution in [0.1, 0.15) is 23.2 Å². The smallest absolute Gasteiger partial charge is 0.406 e. The Kier molecular flexibility index (Phi) is 6.18. The van der Waals surface area contributed by atoms with Crippen molar-refractivity contribution < 1.29 is 32.3 Å². The molecule has 1 aliphatic heterocycles. The van der Waals surface area contributed by atoms with Crippen molar-refractivity contribution in [3.63, 3.8) is 0 Å². The minimum atomic E-state index is -4.85. The van der Waals surface area contributed by atoms with Gasteiger partial charge in [0.15, 0.2) is 0 Å². The zero-order valence-corrected chi connectivity index (χ0v) is 17.8. The molecule has 0 spiro atoms. The van der Waals surface area contributed by atoms with Crippen molar-refractivity contribution in [1.82, 2.24) is 9.47 Å². The average Bonchev–Trinajstić information content (AvgIpc) is 3.38. The lowest BCUT2D eigenvalue weighted by atomic mass is 10.2. The maximum absolute atomic E-state index is 13.1. The van der Waals surface area contributed by atoms with Crippen LogP contribution in [0.2, 0.25) is 0 Å². The molecule has 1 fully saturated rings. The molecule has 0 aliphatic carbocycles. The van der Waals surface area contributed by atoms with Crippen molar-refractivity contribution in [2.75, 3.05) is 11.9 Å². The number of primary amides is 1. The number of nitrogens with one attached hydrogen (secondary N) is 1. The van der Waals surface area contributed by atoms with Gasteiger partial charge in [-0.1, -0.05) is 24.3 Å². The summed E-state index contributed by atoms with van der Waals surface area (Å²) in [5.74, 6) is -1.92. The third kappa shape index (κ3) is 4.98. The lowest BCUT2D eigenvalue weighted by Crippen LogP contribution is -2.44. The Morgan fingerprint density at radius 1 is 1.12 bits per heavy atom. The van der Waals surface area contributed by atoms with Gasteiger partial charge in [0.2, 0.25) is 11.8 Å². The highest BCUT2D eigenvalue weighted by molar-refractivity contribution is 6.06. The van der Waals surface area contributed by atoms with Crippen molar-refractivity contribution >= 4 is 34.3 Å². The number of carbonyl (C=O) groups excluding carboxylic acids is 3. The van der Waals surface area contributed by atoms with Gasteiger partial charge >= 0.3 is 6.36 Å². The molecule has 1 atom stereocenters. The molecule has 3 aromatic rings. The molecule has 0 saturated carbocycles. The molecule has 1 saturated heterocycles. The Morgan fingerprint density at radius 3 is 2.62 bits per heavy atom.